The van der Waals surface area contributed by atoms with Gasteiger partial charge in [0.05, 0.1) is 18.7 Å². The van der Waals surface area contributed by atoms with Crippen molar-refractivity contribution in [3.05, 3.63) is 29.8 Å². The molecule has 5 heterocycles. The summed E-state index contributed by atoms with van der Waals surface area (Å²) in [5.41, 5.74) is -1.00. The van der Waals surface area contributed by atoms with Crippen molar-refractivity contribution < 1.29 is 37.2 Å². The Hall–Kier alpha value is -1.96. The number of hydrogen-bond donors (Lipinski definition) is 1. The number of piperazine rings is 1. The number of rotatable bonds is 5. The number of benzene rings is 1. The van der Waals surface area contributed by atoms with Crippen molar-refractivity contribution in [2.24, 2.45) is 28.7 Å². The van der Waals surface area contributed by atoms with Gasteiger partial charge in [-0.3, -0.25) is 4.99 Å². The summed E-state index contributed by atoms with van der Waals surface area (Å²) < 4.78 is 59.2. The predicted molar refractivity (Wildman–Crippen MR) is 149 cm³/mol. The Labute approximate surface area is 245 Å². The fourth-order valence-corrected chi connectivity index (χ4v) is 7.52. The standard InChI is InChI=1S/C30H43F3N4O5/c1-19-8-9-24-20(2)25(39-26-29(24)23(19)10-11-28(3,40-26)41-42-29)38-17-12-34-27(37-15-13-36(4)14-16-37)35-22-7-5-6-21(18-22)30(31,32)33/h5-7,18-20,23-26H,8-17H2,1-4H3,(H,34,35)/t19-,20-,23+,24+,25+,26-,28-,29-/m1/s1. The van der Waals surface area contributed by atoms with Gasteiger partial charge >= 0.3 is 6.18 Å². The molecule has 5 aliphatic heterocycles. The van der Waals surface area contributed by atoms with Crippen molar-refractivity contribution in [1.29, 1.82) is 0 Å². The minimum Gasteiger partial charge on any atom is -0.350 e. The third kappa shape index (κ3) is 5.66. The third-order valence-corrected chi connectivity index (χ3v) is 9.98. The van der Waals surface area contributed by atoms with Crippen LogP contribution < -0.4 is 5.32 Å². The second-order valence-electron chi connectivity index (χ2n) is 12.8. The van der Waals surface area contributed by atoms with Crippen molar-refractivity contribution in [3.8, 4) is 0 Å². The van der Waals surface area contributed by atoms with Crippen molar-refractivity contribution in [3.63, 3.8) is 0 Å². The second kappa shape index (κ2) is 11.5. The first-order chi connectivity index (χ1) is 20.0. The van der Waals surface area contributed by atoms with Crippen molar-refractivity contribution >= 4 is 11.6 Å². The van der Waals surface area contributed by atoms with Crippen molar-refractivity contribution in [1.82, 2.24) is 9.80 Å². The van der Waals surface area contributed by atoms with Gasteiger partial charge in [-0.15, -0.1) is 0 Å². The molecular formula is C30H43F3N4O5. The normalized spacial score (nSPS) is 39.1. The van der Waals surface area contributed by atoms with Crippen LogP contribution in [0.25, 0.3) is 0 Å². The number of likely N-dealkylation sites (N-methyl/N-ethyl adjacent to an activating group) is 1. The molecule has 1 saturated carbocycles. The topological polar surface area (TPSA) is 77.0 Å². The van der Waals surface area contributed by atoms with Crippen molar-refractivity contribution in [2.75, 3.05) is 51.7 Å². The quantitative estimate of drug-likeness (QED) is 0.222. The number of nitrogens with one attached hydrogen (secondary N) is 1. The summed E-state index contributed by atoms with van der Waals surface area (Å²) in [5.74, 6) is 0.671. The lowest BCUT2D eigenvalue weighted by molar-refractivity contribution is -0.577. The average molecular weight is 597 g/mol. The van der Waals surface area contributed by atoms with Crippen molar-refractivity contribution in [2.45, 2.75) is 76.6 Å². The van der Waals surface area contributed by atoms with Gasteiger partial charge in [0, 0.05) is 50.1 Å². The number of hydrogen-bond acceptors (Lipinski definition) is 7. The molecule has 1 spiro atoms. The first-order valence-electron chi connectivity index (χ1n) is 15.2. The highest BCUT2D eigenvalue weighted by atomic mass is 19.4. The van der Waals surface area contributed by atoms with Crippen LogP contribution in [0.1, 0.15) is 52.0 Å². The molecule has 6 fully saturated rings. The highest BCUT2D eigenvalue weighted by molar-refractivity contribution is 5.93. The minimum atomic E-state index is -4.42. The summed E-state index contributed by atoms with van der Waals surface area (Å²) in [6.07, 6.45) is -1.68. The highest BCUT2D eigenvalue weighted by Crippen LogP contribution is 2.60. The first kappa shape index (κ1) is 30.1. The van der Waals surface area contributed by atoms with E-state index >= 15 is 0 Å². The van der Waals surface area contributed by atoms with Gasteiger partial charge in [0.15, 0.2) is 24.1 Å². The summed E-state index contributed by atoms with van der Waals surface area (Å²) in [7, 11) is 2.05. The van der Waals surface area contributed by atoms with Gasteiger partial charge in [0.1, 0.15) is 0 Å². The lowest BCUT2D eigenvalue weighted by atomic mass is 9.58. The van der Waals surface area contributed by atoms with E-state index in [1.807, 2.05) is 14.0 Å². The summed E-state index contributed by atoms with van der Waals surface area (Å²) in [4.78, 5) is 21.1. The van der Waals surface area contributed by atoms with Crippen LogP contribution in [-0.4, -0.2) is 86.1 Å². The van der Waals surface area contributed by atoms with Gasteiger partial charge in [-0.05, 0) is 63.3 Å². The predicted octanol–water partition coefficient (Wildman–Crippen LogP) is 4.95. The molecule has 1 aliphatic carbocycles. The van der Waals surface area contributed by atoms with E-state index in [2.05, 4.69) is 29.0 Å². The van der Waals surface area contributed by atoms with Crippen LogP contribution in [0.2, 0.25) is 0 Å². The molecule has 6 aliphatic rings. The number of aliphatic imine (C=N–C) groups is 1. The molecule has 42 heavy (non-hydrogen) atoms. The molecule has 1 aromatic carbocycles. The monoisotopic (exact) mass is 596 g/mol. The highest BCUT2D eigenvalue weighted by Gasteiger charge is 2.69. The van der Waals surface area contributed by atoms with E-state index in [9.17, 15) is 13.2 Å². The maximum absolute atomic E-state index is 13.3. The molecule has 1 aromatic rings. The lowest BCUT2D eigenvalue weighted by Gasteiger charge is -2.60. The van der Waals surface area contributed by atoms with Gasteiger partial charge < -0.3 is 29.3 Å². The summed E-state index contributed by atoms with van der Waals surface area (Å²) >= 11 is 0. The largest absolute Gasteiger partial charge is 0.416 e. The summed E-state index contributed by atoms with van der Waals surface area (Å²) in [5, 5.41) is 3.14. The van der Waals surface area contributed by atoms with Crippen LogP contribution in [0.4, 0.5) is 18.9 Å². The van der Waals surface area contributed by atoms with Crippen LogP contribution in [0.5, 0.6) is 0 Å². The van der Waals surface area contributed by atoms with E-state index < -0.39 is 35.7 Å². The molecule has 12 heteroatoms. The molecule has 0 amide bonds. The molecule has 2 bridgehead atoms. The van der Waals surface area contributed by atoms with Gasteiger partial charge in [0.25, 0.3) is 0 Å². The third-order valence-electron chi connectivity index (χ3n) is 9.98. The van der Waals surface area contributed by atoms with Gasteiger partial charge in [-0.25, -0.2) is 9.78 Å². The van der Waals surface area contributed by atoms with Crippen LogP contribution in [0, 0.1) is 23.7 Å². The Morgan fingerprint density at radius 3 is 2.64 bits per heavy atom. The Bertz CT molecular complexity index is 1150. The molecule has 234 valence electrons. The molecule has 8 atom stereocenters. The lowest BCUT2D eigenvalue weighted by Crippen LogP contribution is -2.70. The Morgan fingerprint density at radius 2 is 1.88 bits per heavy atom. The van der Waals surface area contributed by atoms with Crippen LogP contribution in [0.15, 0.2) is 29.3 Å². The number of anilines is 1. The maximum Gasteiger partial charge on any atom is 0.416 e. The summed E-state index contributed by atoms with van der Waals surface area (Å²) in [6, 6.07) is 5.20. The molecule has 5 saturated heterocycles. The van der Waals surface area contributed by atoms with E-state index in [0.717, 1.165) is 50.9 Å². The van der Waals surface area contributed by atoms with E-state index in [1.165, 1.54) is 6.07 Å². The Balaban J connectivity index is 1.15. The fraction of sp³-hybridized carbons (Fsp3) is 0.767. The molecule has 9 nitrogen and oxygen atoms in total. The number of ether oxygens (including phenoxy) is 3. The van der Waals surface area contributed by atoms with Crippen LogP contribution >= 0.6 is 0 Å². The molecule has 7 rings (SSSR count). The van der Waals surface area contributed by atoms with Gasteiger partial charge in [0.2, 0.25) is 5.79 Å². The Kier molecular flexibility index (Phi) is 8.25. The average Bonchev–Trinajstić information content (AvgIpc) is 3.19. The molecule has 0 unspecified atom stereocenters. The number of fused-ring (bicyclic) bond motifs is 2. The number of halogens is 3. The zero-order valence-corrected chi connectivity index (χ0v) is 24.9. The number of nitrogens with zero attached hydrogens (tertiary/aromatic N) is 3. The molecule has 0 radical (unpaired) electrons. The van der Waals surface area contributed by atoms with Gasteiger partial charge in [-0.1, -0.05) is 19.9 Å². The minimum absolute atomic E-state index is 0.0511. The van der Waals surface area contributed by atoms with E-state index in [-0.39, 0.29) is 24.4 Å². The number of guanidine groups is 1. The second-order valence-corrected chi connectivity index (χ2v) is 12.8. The van der Waals surface area contributed by atoms with E-state index in [0.29, 0.717) is 37.2 Å². The van der Waals surface area contributed by atoms with E-state index in [4.69, 9.17) is 29.0 Å². The summed E-state index contributed by atoms with van der Waals surface area (Å²) in [6.45, 7) is 10.0. The zero-order valence-electron chi connectivity index (χ0n) is 24.9. The maximum atomic E-state index is 13.3. The molecule has 1 N–H and O–H groups in total. The van der Waals surface area contributed by atoms with Crippen LogP contribution in [-0.2, 0) is 30.2 Å². The van der Waals surface area contributed by atoms with Crippen LogP contribution in [0.3, 0.4) is 0 Å². The molecular weight excluding hydrogens is 553 g/mol. The fourth-order valence-electron chi connectivity index (χ4n) is 7.52. The van der Waals surface area contributed by atoms with Gasteiger partial charge in [-0.2, -0.15) is 13.2 Å². The SMILES string of the molecule is C[C@H]1[C@@H](OCCN=C(Nc2cccc(C(F)(F)F)c2)N2CCN(C)CC2)O[C@@H]2O[C@@]3(C)CC[C@H]4[C@H](C)CC[C@@H]1[C@@]24OO3. The molecule has 0 aromatic heterocycles. The zero-order chi connectivity index (χ0) is 29.7. The smallest absolute Gasteiger partial charge is 0.350 e. The Morgan fingerprint density at radius 1 is 1.10 bits per heavy atom. The number of alkyl halides is 3. The first-order valence-corrected chi connectivity index (χ1v) is 15.2. The van der Waals surface area contributed by atoms with E-state index in [1.54, 1.807) is 6.07 Å².